The van der Waals surface area contributed by atoms with E-state index in [2.05, 4.69) is 10.3 Å². The number of fused-ring (bicyclic) bond motifs is 1. The number of hydrogen-bond donors (Lipinski definition) is 2. The number of rotatable bonds is 6. The van der Waals surface area contributed by atoms with Gasteiger partial charge in [0, 0.05) is 12.6 Å². The molecule has 20 heavy (non-hydrogen) atoms. The first-order chi connectivity index (χ1) is 9.47. The van der Waals surface area contributed by atoms with Crippen molar-refractivity contribution in [2.24, 2.45) is 0 Å². The summed E-state index contributed by atoms with van der Waals surface area (Å²) in [6.07, 6.45) is 1.07. The lowest BCUT2D eigenvalue weighted by Crippen LogP contribution is -2.07. The highest BCUT2D eigenvalue weighted by molar-refractivity contribution is 7.18. The number of nitrogens with one attached hydrogen (secondary N) is 1. The van der Waals surface area contributed by atoms with Crippen molar-refractivity contribution in [3.05, 3.63) is 27.3 Å². The number of nitrogens with zero attached hydrogens (tertiary/aromatic N) is 2. The van der Waals surface area contributed by atoms with Crippen LogP contribution in [-0.2, 0) is 0 Å². The summed E-state index contributed by atoms with van der Waals surface area (Å²) in [7, 11) is 0. The summed E-state index contributed by atoms with van der Waals surface area (Å²) in [5.41, 5.74) is 1.33. The molecule has 108 valence electrons. The van der Waals surface area contributed by atoms with Crippen LogP contribution in [0.1, 0.15) is 24.8 Å². The number of aryl methyl sites for hydroxylation is 1. The van der Waals surface area contributed by atoms with Crippen molar-refractivity contribution in [3.63, 3.8) is 0 Å². The smallest absolute Gasteiger partial charge is 0.293 e. The Morgan fingerprint density at radius 3 is 2.95 bits per heavy atom. The largest absolute Gasteiger partial charge is 0.393 e. The van der Waals surface area contributed by atoms with E-state index in [-0.39, 0.29) is 16.7 Å². The number of hydrogen-bond acceptors (Lipinski definition) is 6. The van der Waals surface area contributed by atoms with Crippen LogP contribution in [0.15, 0.2) is 12.1 Å². The van der Waals surface area contributed by atoms with Gasteiger partial charge in [-0.25, -0.2) is 4.98 Å². The summed E-state index contributed by atoms with van der Waals surface area (Å²) in [6.45, 7) is 4.19. The van der Waals surface area contributed by atoms with Crippen molar-refractivity contribution in [2.45, 2.75) is 32.8 Å². The summed E-state index contributed by atoms with van der Waals surface area (Å²) in [5, 5.41) is 24.3. The Hall–Kier alpha value is -1.73. The first-order valence-electron chi connectivity index (χ1n) is 6.45. The third-order valence-electron chi connectivity index (χ3n) is 2.92. The molecule has 2 N–H and O–H groups in total. The molecule has 1 aromatic carbocycles. The van der Waals surface area contributed by atoms with Gasteiger partial charge in [-0.3, -0.25) is 10.1 Å². The predicted octanol–water partition coefficient (Wildman–Crippen LogP) is 3.09. The van der Waals surface area contributed by atoms with Crippen LogP contribution in [0.3, 0.4) is 0 Å². The Morgan fingerprint density at radius 1 is 1.55 bits per heavy atom. The zero-order chi connectivity index (χ0) is 14.7. The lowest BCUT2D eigenvalue weighted by atomic mass is 10.2. The highest BCUT2D eigenvalue weighted by atomic mass is 32.1. The molecule has 0 amide bonds. The molecule has 0 aliphatic heterocycles. The first-order valence-corrected chi connectivity index (χ1v) is 7.26. The van der Waals surface area contributed by atoms with E-state index in [9.17, 15) is 15.2 Å². The van der Waals surface area contributed by atoms with Crippen LogP contribution < -0.4 is 5.32 Å². The SMILES string of the molecule is Cc1nc2cc(NCCCC(C)O)c([N+](=O)[O-])cc2s1. The highest BCUT2D eigenvalue weighted by Gasteiger charge is 2.16. The summed E-state index contributed by atoms with van der Waals surface area (Å²) in [4.78, 5) is 15.1. The molecule has 7 heteroatoms. The summed E-state index contributed by atoms with van der Waals surface area (Å²) >= 11 is 1.45. The van der Waals surface area contributed by atoms with E-state index in [1.807, 2.05) is 6.92 Å². The summed E-state index contributed by atoms with van der Waals surface area (Å²) in [5.74, 6) is 0. The van der Waals surface area contributed by atoms with Crippen LogP contribution >= 0.6 is 11.3 Å². The van der Waals surface area contributed by atoms with E-state index in [0.29, 0.717) is 18.7 Å². The predicted molar refractivity (Wildman–Crippen MR) is 80.4 cm³/mol. The van der Waals surface area contributed by atoms with Crippen LogP contribution in [0.25, 0.3) is 10.2 Å². The first kappa shape index (κ1) is 14.7. The molecule has 2 aromatic rings. The minimum absolute atomic E-state index is 0.0678. The Morgan fingerprint density at radius 2 is 2.30 bits per heavy atom. The van der Waals surface area contributed by atoms with E-state index >= 15 is 0 Å². The van der Waals surface area contributed by atoms with Gasteiger partial charge in [0.25, 0.3) is 5.69 Å². The van der Waals surface area contributed by atoms with E-state index in [4.69, 9.17) is 0 Å². The van der Waals surface area contributed by atoms with Crippen LogP contribution in [0, 0.1) is 17.0 Å². The van der Waals surface area contributed by atoms with Gasteiger partial charge in [0.2, 0.25) is 0 Å². The van der Waals surface area contributed by atoms with Gasteiger partial charge in [0.1, 0.15) is 5.69 Å². The Kier molecular flexibility index (Phi) is 4.51. The van der Waals surface area contributed by atoms with Crippen molar-refractivity contribution in [1.29, 1.82) is 0 Å². The molecule has 0 radical (unpaired) electrons. The molecule has 0 saturated carbocycles. The fraction of sp³-hybridized carbons (Fsp3) is 0.462. The van der Waals surface area contributed by atoms with Gasteiger partial charge >= 0.3 is 0 Å². The average molecular weight is 295 g/mol. The minimum atomic E-state index is -0.383. The monoisotopic (exact) mass is 295 g/mol. The molecule has 0 saturated heterocycles. The molecule has 0 bridgehead atoms. The van der Waals surface area contributed by atoms with Gasteiger partial charge in [0.05, 0.1) is 26.3 Å². The normalized spacial score (nSPS) is 12.6. The maximum atomic E-state index is 11.1. The van der Waals surface area contributed by atoms with Crippen molar-refractivity contribution < 1.29 is 10.0 Å². The number of thiazole rings is 1. The number of benzene rings is 1. The molecule has 0 aliphatic carbocycles. The van der Waals surface area contributed by atoms with Crippen LogP contribution in [0.5, 0.6) is 0 Å². The molecule has 0 aliphatic rings. The quantitative estimate of drug-likeness (QED) is 0.485. The maximum absolute atomic E-state index is 11.1. The second-order valence-electron chi connectivity index (χ2n) is 4.75. The molecule has 2 rings (SSSR count). The fourth-order valence-corrected chi connectivity index (χ4v) is 2.83. The Balaban J connectivity index is 2.20. The third kappa shape index (κ3) is 3.43. The number of nitro benzene ring substituents is 1. The molecule has 1 heterocycles. The lowest BCUT2D eigenvalue weighted by molar-refractivity contribution is -0.383. The third-order valence-corrected chi connectivity index (χ3v) is 3.86. The molecule has 1 atom stereocenters. The van der Waals surface area contributed by atoms with Crippen LogP contribution in [0.4, 0.5) is 11.4 Å². The fourth-order valence-electron chi connectivity index (χ4n) is 1.99. The number of nitro groups is 1. The second-order valence-corrected chi connectivity index (χ2v) is 5.98. The van der Waals surface area contributed by atoms with E-state index in [1.54, 1.807) is 19.1 Å². The molecular weight excluding hydrogens is 278 g/mol. The van der Waals surface area contributed by atoms with Crippen LogP contribution in [0.2, 0.25) is 0 Å². The van der Waals surface area contributed by atoms with Crippen LogP contribution in [-0.4, -0.2) is 27.7 Å². The molecular formula is C13H17N3O3S. The van der Waals surface area contributed by atoms with Gasteiger partial charge in [0.15, 0.2) is 0 Å². The zero-order valence-corrected chi connectivity index (χ0v) is 12.2. The lowest BCUT2D eigenvalue weighted by Gasteiger charge is -2.08. The summed E-state index contributed by atoms with van der Waals surface area (Å²) < 4.78 is 0.823. The van der Waals surface area contributed by atoms with Gasteiger partial charge in [-0.2, -0.15) is 0 Å². The summed E-state index contributed by atoms with van der Waals surface area (Å²) in [6, 6.07) is 3.29. The van der Waals surface area contributed by atoms with E-state index in [0.717, 1.165) is 21.6 Å². The Labute approximate surface area is 120 Å². The highest BCUT2D eigenvalue weighted by Crippen LogP contribution is 2.32. The van der Waals surface area contributed by atoms with Gasteiger partial charge in [-0.1, -0.05) is 0 Å². The number of anilines is 1. The van der Waals surface area contributed by atoms with Crippen molar-refractivity contribution in [2.75, 3.05) is 11.9 Å². The van der Waals surface area contributed by atoms with E-state index < -0.39 is 0 Å². The molecule has 1 aromatic heterocycles. The number of aromatic nitrogens is 1. The second kappa shape index (κ2) is 6.15. The van der Waals surface area contributed by atoms with Crippen molar-refractivity contribution in [3.8, 4) is 0 Å². The van der Waals surface area contributed by atoms with Gasteiger partial charge < -0.3 is 10.4 Å². The molecule has 1 unspecified atom stereocenters. The maximum Gasteiger partial charge on any atom is 0.293 e. The minimum Gasteiger partial charge on any atom is -0.393 e. The van der Waals surface area contributed by atoms with Crippen molar-refractivity contribution in [1.82, 2.24) is 4.98 Å². The number of aliphatic hydroxyl groups excluding tert-OH is 1. The van der Waals surface area contributed by atoms with E-state index in [1.165, 1.54) is 11.3 Å². The topological polar surface area (TPSA) is 88.3 Å². The Bertz CT molecular complexity index is 625. The van der Waals surface area contributed by atoms with Crippen molar-refractivity contribution >= 4 is 32.9 Å². The molecule has 0 fully saturated rings. The average Bonchev–Trinajstić information content (AvgIpc) is 2.72. The van der Waals surface area contributed by atoms with Gasteiger partial charge in [-0.05, 0) is 32.8 Å². The molecule has 6 nitrogen and oxygen atoms in total. The zero-order valence-electron chi connectivity index (χ0n) is 11.4. The standard InChI is InChI=1S/C13H17N3O3S/c1-8(17)4-3-5-14-10-6-11-13(20-9(2)15-11)7-12(10)16(18)19/h6-8,14,17H,3-5H2,1-2H3. The van der Waals surface area contributed by atoms with Gasteiger partial charge in [-0.15, -0.1) is 11.3 Å². The molecule has 0 spiro atoms. The number of aliphatic hydroxyl groups is 1.